The summed E-state index contributed by atoms with van der Waals surface area (Å²) in [5.41, 5.74) is 0. The summed E-state index contributed by atoms with van der Waals surface area (Å²) < 4.78 is 9.87. The van der Waals surface area contributed by atoms with Gasteiger partial charge in [-0.2, -0.15) is 0 Å². The van der Waals surface area contributed by atoms with Crippen LogP contribution in [0.25, 0.3) is 0 Å². The number of nitrogens with one attached hydrogen (secondary N) is 1. The van der Waals surface area contributed by atoms with Crippen LogP contribution in [0.2, 0.25) is 0 Å². The van der Waals surface area contributed by atoms with Crippen molar-refractivity contribution in [1.82, 2.24) is 10.2 Å². The number of aliphatic carboxylic acids is 1. The average Bonchev–Trinajstić information content (AvgIpc) is 3.26. The van der Waals surface area contributed by atoms with E-state index < -0.39 is 48.0 Å². The minimum absolute atomic E-state index is 0.187. The molecule has 146 valence electrons. The Morgan fingerprint density at radius 1 is 1.27 bits per heavy atom. The summed E-state index contributed by atoms with van der Waals surface area (Å²) in [6.07, 6.45) is -0.280. The van der Waals surface area contributed by atoms with E-state index >= 15 is 0 Å². The van der Waals surface area contributed by atoms with Crippen LogP contribution >= 0.6 is 0 Å². The number of amides is 2. The molecule has 2 aliphatic rings. The van der Waals surface area contributed by atoms with Gasteiger partial charge in [-0.25, -0.2) is 9.59 Å². The Morgan fingerprint density at radius 3 is 2.54 bits per heavy atom. The lowest BCUT2D eigenvalue weighted by atomic mass is 9.97. The predicted octanol–water partition coefficient (Wildman–Crippen LogP) is -0.0766. The van der Waals surface area contributed by atoms with E-state index in [-0.39, 0.29) is 12.5 Å². The first-order valence-electron chi connectivity index (χ1n) is 8.97. The minimum atomic E-state index is -1.04. The van der Waals surface area contributed by atoms with Crippen molar-refractivity contribution in [2.75, 3.05) is 13.2 Å². The number of hydrogen-bond donors (Lipinski definition) is 2. The van der Waals surface area contributed by atoms with E-state index in [1.807, 2.05) is 13.8 Å². The van der Waals surface area contributed by atoms with Crippen LogP contribution < -0.4 is 5.32 Å². The van der Waals surface area contributed by atoms with Crippen molar-refractivity contribution in [1.29, 1.82) is 0 Å². The van der Waals surface area contributed by atoms with E-state index in [9.17, 15) is 24.3 Å². The van der Waals surface area contributed by atoms with Crippen LogP contribution in [0.1, 0.15) is 40.0 Å². The number of carboxylic acid groups (broad SMARTS) is 1. The number of carboxylic acids is 1. The summed E-state index contributed by atoms with van der Waals surface area (Å²) in [5.74, 6) is -2.82. The maximum atomic E-state index is 12.9. The fraction of sp³-hybridized carbons (Fsp3) is 0.765. The van der Waals surface area contributed by atoms with Crippen LogP contribution in [0.5, 0.6) is 0 Å². The summed E-state index contributed by atoms with van der Waals surface area (Å²) >= 11 is 0. The molecule has 2 aliphatic heterocycles. The lowest BCUT2D eigenvalue weighted by molar-refractivity contribution is -0.150. The Kier molecular flexibility index (Phi) is 6.57. The molecule has 0 aromatic rings. The van der Waals surface area contributed by atoms with E-state index in [1.165, 1.54) is 4.90 Å². The quantitative estimate of drug-likeness (QED) is 0.452. The van der Waals surface area contributed by atoms with Gasteiger partial charge in [0.15, 0.2) is 12.2 Å². The lowest BCUT2D eigenvalue weighted by Gasteiger charge is -2.30. The van der Waals surface area contributed by atoms with Crippen molar-refractivity contribution in [2.45, 2.75) is 64.3 Å². The van der Waals surface area contributed by atoms with Gasteiger partial charge in [0, 0.05) is 6.54 Å². The molecular weight excluding hydrogens is 344 g/mol. The molecule has 5 atom stereocenters. The average molecular weight is 370 g/mol. The molecule has 9 heteroatoms. The Labute approximate surface area is 152 Å². The molecule has 0 radical (unpaired) electrons. The van der Waals surface area contributed by atoms with Gasteiger partial charge >= 0.3 is 11.9 Å². The second-order valence-corrected chi connectivity index (χ2v) is 6.63. The highest BCUT2D eigenvalue weighted by Gasteiger charge is 2.52. The second-order valence-electron chi connectivity index (χ2n) is 6.63. The molecule has 2 N–H and O–H groups in total. The third kappa shape index (κ3) is 4.32. The van der Waals surface area contributed by atoms with Gasteiger partial charge in [-0.3, -0.25) is 9.59 Å². The summed E-state index contributed by atoms with van der Waals surface area (Å²) in [4.78, 5) is 49.5. The van der Waals surface area contributed by atoms with Gasteiger partial charge in [0.25, 0.3) is 5.91 Å². The van der Waals surface area contributed by atoms with Crippen molar-refractivity contribution in [2.24, 2.45) is 5.92 Å². The standard InChI is InChI=1S/C17H26N2O7/c1-4-9(3)11(15(21)19-8-6-7-10(19)16(22)23)18-14(20)12-13(26-12)17(24)25-5-2/h9-13H,4-8H2,1-3H3,(H,18,20)(H,22,23)/t9?,10-,11-,12?,13?/m0/s1. The number of esters is 1. The normalized spacial score (nSPS) is 26.7. The molecule has 26 heavy (non-hydrogen) atoms. The molecule has 0 bridgehead atoms. The van der Waals surface area contributed by atoms with Gasteiger partial charge in [-0.1, -0.05) is 20.3 Å². The first-order chi connectivity index (χ1) is 12.3. The largest absolute Gasteiger partial charge is 0.480 e. The van der Waals surface area contributed by atoms with Gasteiger partial charge in [0.05, 0.1) is 6.61 Å². The van der Waals surface area contributed by atoms with Crippen molar-refractivity contribution < 1.29 is 33.8 Å². The molecule has 2 saturated heterocycles. The first-order valence-corrected chi connectivity index (χ1v) is 8.97. The monoisotopic (exact) mass is 370 g/mol. The highest BCUT2D eigenvalue weighted by atomic mass is 16.6. The molecule has 0 aliphatic carbocycles. The Balaban J connectivity index is 2.04. The number of nitrogens with zero attached hydrogens (tertiary/aromatic N) is 1. The third-order valence-electron chi connectivity index (χ3n) is 4.87. The summed E-state index contributed by atoms with van der Waals surface area (Å²) in [5, 5.41) is 11.9. The van der Waals surface area contributed by atoms with Crippen LogP contribution in [0.15, 0.2) is 0 Å². The molecule has 0 saturated carbocycles. The molecule has 2 amide bonds. The maximum Gasteiger partial charge on any atom is 0.338 e. The molecule has 2 fully saturated rings. The molecule has 9 nitrogen and oxygen atoms in total. The zero-order valence-corrected chi connectivity index (χ0v) is 15.3. The number of carbonyl (C=O) groups is 4. The fourth-order valence-corrected chi connectivity index (χ4v) is 3.10. The van der Waals surface area contributed by atoms with Gasteiger partial charge < -0.3 is 24.8 Å². The van der Waals surface area contributed by atoms with Crippen LogP contribution in [0.3, 0.4) is 0 Å². The Hall–Kier alpha value is -2.16. The van der Waals surface area contributed by atoms with E-state index in [2.05, 4.69) is 5.32 Å². The van der Waals surface area contributed by atoms with Gasteiger partial charge in [-0.15, -0.1) is 0 Å². The summed E-state index contributed by atoms with van der Waals surface area (Å²) in [6.45, 7) is 5.88. The van der Waals surface area contributed by atoms with E-state index in [1.54, 1.807) is 6.92 Å². The second kappa shape index (κ2) is 8.48. The molecule has 0 aromatic heterocycles. The van der Waals surface area contributed by atoms with Crippen LogP contribution in [-0.4, -0.2) is 71.2 Å². The molecule has 2 heterocycles. The smallest absolute Gasteiger partial charge is 0.338 e. The van der Waals surface area contributed by atoms with Crippen LogP contribution in [0, 0.1) is 5.92 Å². The molecule has 3 unspecified atom stereocenters. The number of rotatable bonds is 8. The topological polar surface area (TPSA) is 126 Å². The molecule has 0 spiro atoms. The number of carbonyl (C=O) groups excluding carboxylic acids is 3. The number of hydrogen-bond acceptors (Lipinski definition) is 6. The lowest BCUT2D eigenvalue weighted by Crippen LogP contribution is -2.55. The van der Waals surface area contributed by atoms with Crippen molar-refractivity contribution in [3.8, 4) is 0 Å². The van der Waals surface area contributed by atoms with E-state index in [4.69, 9.17) is 9.47 Å². The van der Waals surface area contributed by atoms with Crippen molar-refractivity contribution >= 4 is 23.8 Å². The Morgan fingerprint density at radius 2 is 1.96 bits per heavy atom. The fourth-order valence-electron chi connectivity index (χ4n) is 3.10. The van der Waals surface area contributed by atoms with Crippen molar-refractivity contribution in [3.63, 3.8) is 0 Å². The molecular formula is C17H26N2O7. The van der Waals surface area contributed by atoms with Gasteiger partial charge in [-0.05, 0) is 25.7 Å². The van der Waals surface area contributed by atoms with Crippen LogP contribution in [-0.2, 0) is 28.7 Å². The SMILES string of the molecule is CCOC(=O)C1OC1C(=O)N[C@H](C(=O)N1CCC[C@H]1C(=O)O)C(C)CC. The van der Waals surface area contributed by atoms with Crippen molar-refractivity contribution in [3.05, 3.63) is 0 Å². The highest BCUT2D eigenvalue weighted by molar-refractivity contribution is 5.96. The number of ether oxygens (including phenoxy) is 2. The Bertz CT molecular complexity index is 579. The predicted molar refractivity (Wildman–Crippen MR) is 89.1 cm³/mol. The minimum Gasteiger partial charge on any atom is -0.480 e. The van der Waals surface area contributed by atoms with Crippen LogP contribution in [0.4, 0.5) is 0 Å². The van der Waals surface area contributed by atoms with Gasteiger partial charge in [0.1, 0.15) is 12.1 Å². The number of likely N-dealkylation sites (tertiary alicyclic amines) is 1. The van der Waals surface area contributed by atoms with E-state index in [0.717, 1.165) is 0 Å². The maximum absolute atomic E-state index is 12.9. The highest BCUT2D eigenvalue weighted by Crippen LogP contribution is 2.25. The molecule has 2 rings (SSSR count). The third-order valence-corrected chi connectivity index (χ3v) is 4.87. The van der Waals surface area contributed by atoms with E-state index in [0.29, 0.717) is 25.8 Å². The zero-order valence-electron chi connectivity index (χ0n) is 15.3. The summed E-state index contributed by atoms with van der Waals surface area (Å²) in [7, 11) is 0. The zero-order chi connectivity index (χ0) is 19.4. The number of epoxide rings is 1. The first kappa shape index (κ1) is 20.2. The molecule has 0 aromatic carbocycles. The van der Waals surface area contributed by atoms with Gasteiger partial charge in [0.2, 0.25) is 5.91 Å². The summed E-state index contributed by atoms with van der Waals surface area (Å²) in [6, 6.07) is -1.73.